The average molecular weight is 232 g/mol. The Hall–Kier alpha value is -1.14. The van der Waals surface area contributed by atoms with Crippen LogP contribution < -0.4 is 10.6 Å². The van der Waals surface area contributed by atoms with Crippen molar-refractivity contribution in [2.45, 2.75) is 32.4 Å². The molecule has 6 heteroatoms. The summed E-state index contributed by atoms with van der Waals surface area (Å²) in [5.41, 5.74) is -0.183. The number of nitrogens with one attached hydrogen (secondary N) is 2. The van der Waals surface area contributed by atoms with Crippen molar-refractivity contribution >= 4 is 11.9 Å². The van der Waals surface area contributed by atoms with Crippen LogP contribution >= 0.6 is 0 Å². The van der Waals surface area contributed by atoms with Gasteiger partial charge in [0.25, 0.3) is 0 Å². The third kappa shape index (κ3) is 7.19. The number of carbonyl (C=O) groups excluding carboxylic acids is 1. The molecule has 0 spiro atoms. The highest BCUT2D eigenvalue weighted by molar-refractivity contribution is 5.84. The molecule has 1 amide bonds. The Balaban J connectivity index is 4.05. The maximum absolute atomic E-state index is 11.4. The van der Waals surface area contributed by atoms with Gasteiger partial charge in [0.2, 0.25) is 5.91 Å². The number of aliphatic carboxylic acids is 1. The van der Waals surface area contributed by atoms with Crippen molar-refractivity contribution < 1.29 is 19.4 Å². The summed E-state index contributed by atoms with van der Waals surface area (Å²) in [6, 6.07) is -1.00. The van der Waals surface area contributed by atoms with Crippen LogP contribution in [0, 0.1) is 0 Å². The summed E-state index contributed by atoms with van der Waals surface area (Å²) in [6.45, 7) is 5.80. The van der Waals surface area contributed by atoms with Gasteiger partial charge in [0.15, 0.2) is 6.04 Å². The molecular formula is C10H20N2O4. The van der Waals surface area contributed by atoms with E-state index in [0.717, 1.165) is 0 Å². The summed E-state index contributed by atoms with van der Waals surface area (Å²) in [4.78, 5) is 22.1. The van der Waals surface area contributed by atoms with Crippen LogP contribution in [-0.2, 0) is 14.3 Å². The summed E-state index contributed by atoms with van der Waals surface area (Å²) in [6.07, 6.45) is 0. The molecule has 0 aromatic carbocycles. The van der Waals surface area contributed by atoms with Crippen LogP contribution in [0.2, 0.25) is 0 Å². The van der Waals surface area contributed by atoms with Crippen molar-refractivity contribution in [2.24, 2.45) is 0 Å². The molecule has 0 aromatic heterocycles. The predicted octanol–water partition coefficient (Wildman–Crippen LogP) is -0.410. The van der Waals surface area contributed by atoms with Crippen LogP contribution in [0.1, 0.15) is 20.8 Å². The fraction of sp³-hybridized carbons (Fsp3) is 0.800. The first-order valence-electron chi connectivity index (χ1n) is 5.02. The number of carboxylic acids is 1. The van der Waals surface area contributed by atoms with E-state index in [2.05, 4.69) is 10.6 Å². The molecule has 0 rings (SSSR count). The van der Waals surface area contributed by atoms with E-state index >= 15 is 0 Å². The van der Waals surface area contributed by atoms with Gasteiger partial charge in [-0.25, -0.2) is 4.79 Å². The van der Waals surface area contributed by atoms with Gasteiger partial charge in [0, 0.05) is 12.6 Å². The lowest BCUT2D eigenvalue weighted by molar-refractivity contribution is -0.143. The normalized spacial score (nSPS) is 13.2. The molecule has 6 nitrogen and oxygen atoms in total. The van der Waals surface area contributed by atoms with Crippen LogP contribution in [0.3, 0.4) is 0 Å². The van der Waals surface area contributed by atoms with Gasteiger partial charge in [-0.05, 0) is 20.8 Å². The highest BCUT2D eigenvalue weighted by atomic mass is 16.5. The van der Waals surface area contributed by atoms with Crippen molar-refractivity contribution in [1.29, 1.82) is 0 Å². The lowest BCUT2D eigenvalue weighted by Gasteiger charge is -2.21. The van der Waals surface area contributed by atoms with E-state index in [1.807, 2.05) is 20.8 Å². The predicted molar refractivity (Wildman–Crippen MR) is 59.2 cm³/mol. The van der Waals surface area contributed by atoms with Gasteiger partial charge in [-0.3, -0.25) is 4.79 Å². The zero-order valence-corrected chi connectivity index (χ0v) is 10.2. The number of carboxylic acid groups (broad SMARTS) is 1. The summed E-state index contributed by atoms with van der Waals surface area (Å²) in [5, 5.41) is 14.1. The van der Waals surface area contributed by atoms with Crippen molar-refractivity contribution in [3.63, 3.8) is 0 Å². The summed E-state index contributed by atoms with van der Waals surface area (Å²) in [5.74, 6) is -1.47. The molecule has 1 unspecified atom stereocenters. The molecule has 0 aliphatic heterocycles. The Morgan fingerprint density at radius 2 is 1.94 bits per heavy atom. The van der Waals surface area contributed by atoms with Gasteiger partial charge >= 0.3 is 5.97 Å². The zero-order chi connectivity index (χ0) is 12.8. The van der Waals surface area contributed by atoms with Crippen molar-refractivity contribution in [1.82, 2.24) is 10.6 Å². The average Bonchev–Trinajstić information content (AvgIpc) is 2.13. The largest absolute Gasteiger partial charge is 0.480 e. The molecule has 0 saturated carbocycles. The maximum atomic E-state index is 11.4. The molecule has 0 aliphatic rings. The Labute approximate surface area is 95.4 Å². The standard InChI is InChI=1S/C10H20N2O4/c1-10(2,3)11-5-8(13)12-7(6-16-4)9(14)15/h7,11H,5-6H2,1-4H3,(H,12,13)(H,14,15). The Morgan fingerprint density at radius 3 is 2.31 bits per heavy atom. The lowest BCUT2D eigenvalue weighted by Crippen LogP contribution is -2.49. The fourth-order valence-electron chi connectivity index (χ4n) is 0.932. The molecule has 0 fully saturated rings. The Morgan fingerprint density at radius 1 is 1.38 bits per heavy atom. The first-order chi connectivity index (χ1) is 7.26. The molecule has 16 heavy (non-hydrogen) atoms. The fourth-order valence-corrected chi connectivity index (χ4v) is 0.932. The van der Waals surface area contributed by atoms with Gasteiger partial charge in [-0.1, -0.05) is 0 Å². The monoisotopic (exact) mass is 232 g/mol. The topological polar surface area (TPSA) is 87.7 Å². The maximum Gasteiger partial charge on any atom is 0.328 e. The minimum Gasteiger partial charge on any atom is -0.480 e. The molecule has 0 aliphatic carbocycles. The van der Waals surface area contributed by atoms with Crippen LogP contribution in [-0.4, -0.2) is 48.8 Å². The van der Waals surface area contributed by atoms with E-state index in [4.69, 9.17) is 9.84 Å². The Kier molecular flexibility index (Phi) is 5.98. The summed E-state index contributed by atoms with van der Waals surface area (Å²) >= 11 is 0. The van der Waals surface area contributed by atoms with E-state index in [1.165, 1.54) is 7.11 Å². The molecular weight excluding hydrogens is 212 g/mol. The van der Waals surface area contributed by atoms with Gasteiger partial charge < -0.3 is 20.5 Å². The van der Waals surface area contributed by atoms with Crippen LogP contribution in [0.25, 0.3) is 0 Å². The second kappa shape index (κ2) is 6.44. The second-order valence-corrected chi connectivity index (χ2v) is 4.52. The van der Waals surface area contributed by atoms with Crippen LogP contribution in [0.15, 0.2) is 0 Å². The number of ether oxygens (including phenoxy) is 1. The summed E-state index contributed by atoms with van der Waals surface area (Å²) in [7, 11) is 1.38. The van der Waals surface area contributed by atoms with Crippen molar-refractivity contribution in [3.05, 3.63) is 0 Å². The molecule has 3 N–H and O–H groups in total. The number of hydrogen-bond donors (Lipinski definition) is 3. The minimum absolute atomic E-state index is 0.0450. The molecule has 1 atom stereocenters. The highest BCUT2D eigenvalue weighted by Gasteiger charge is 2.20. The molecule has 0 aromatic rings. The number of rotatable bonds is 6. The zero-order valence-electron chi connectivity index (χ0n) is 10.2. The molecule has 0 bridgehead atoms. The van der Waals surface area contributed by atoms with Gasteiger partial charge in [-0.2, -0.15) is 0 Å². The number of carbonyl (C=O) groups is 2. The summed E-state index contributed by atoms with van der Waals surface area (Å²) < 4.78 is 4.70. The smallest absolute Gasteiger partial charge is 0.328 e. The molecule has 0 radical (unpaired) electrons. The number of hydrogen-bond acceptors (Lipinski definition) is 4. The first kappa shape index (κ1) is 14.9. The highest BCUT2D eigenvalue weighted by Crippen LogP contribution is 1.96. The molecule has 0 saturated heterocycles. The first-order valence-corrected chi connectivity index (χ1v) is 5.02. The SMILES string of the molecule is COCC(NC(=O)CNC(C)(C)C)C(=O)O. The van der Waals surface area contributed by atoms with Crippen molar-refractivity contribution in [2.75, 3.05) is 20.3 Å². The van der Waals surface area contributed by atoms with Gasteiger partial charge in [0.1, 0.15) is 0 Å². The number of methoxy groups -OCH3 is 1. The second-order valence-electron chi connectivity index (χ2n) is 4.52. The van der Waals surface area contributed by atoms with E-state index in [9.17, 15) is 9.59 Å². The van der Waals surface area contributed by atoms with Gasteiger partial charge in [0.05, 0.1) is 13.2 Å². The third-order valence-corrected chi connectivity index (χ3v) is 1.75. The van der Waals surface area contributed by atoms with E-state index in [0.29, 0.717) is 0 Å². The van der Waals surface area contributed by atoms with E-state index in [-0.39, 0.29) is 24.6 Å². The number of amides is 1. The third-order valence-electron chi connectivity index (χ3n) is 1.75. The van der Waals surface area contributed by atoms with Gasteiger partial charge in [-0.15, -0.1) is 0 Å². The minimum atomic E-state index is -1.11. The molecule has 94 valence electrons. The van der Waals surface area contributed by atoms with Crippen LogP contribution in [0.5, 0.6) is 0 Å². The van der Waals surface area contributed by atoms with Crippen LogP contribution in [0.4, 0.5) is 0 Å². The lowest BCUT2D eigenvalue weighted by atomic mass is 10.1. The van der Waals surface area contributed by atoms with Crippen molar-refractivity contribution in [3.8, 4) is 0 Å². The molecule has 0 heterocycles. The van der Waals surface area contributed by atoms with E-state index < -0.39 is 12.0 Å². The quantitative estimate of drug-likeness (QED) is 0.579. The van der Waals surface area contributed by atoms with E-state index in [1.54, 1.807) is 0 Å². The Bertz CT molecular complexity index is 248.